The molecule has 0 aliphatic rings. The molecule has 1 amide bonds. The van der Waals surface area contributed by atoms with Crippen LogP contribution in [-0.4, -0.2) is 40.6 Å². The molecule has 0 radical (unpaired) electrons. The van der Waals surface area contributed by atoms with E-state index in [0.29, 0.717) is 6.54 Å². The minimum Gasteiger partial charge on any atom is -0.444 e. The number of ether oxygens (including phenoxy) is 1. The monoisotopic (exact) mass is 289 g/mol. The van der Waals surface area contributed by atoms with Crippen LogP contribution in [0.2, 0.25) is 0 Å². The SMILES string of the molecule is CCCC(CCN(C)C(=O)OC(C)(C)C)SC(C)=O. The van der Waals surface area contributed by atoms with Gasteiger partial charge in [0, 0.05) is 25.8 Å². The molecule has 0 aliphatic heterocycles. The fraction of sp³-hybridized carbons (Fsp3) is 0.857. The molecule has 0 rings (SSSR count). The van der Waals surface area contributed by atoms with Crippen LogP contribution in [0.15, 0.2) is 0 Å². The Kier molecular flexibility index (Phi) is 8.14. The van der Waals surface area contributed by atoms with Crippen molar-refractivity contribution >= 4 is 23.0 Å². The number of amides is 1. The highest BCUT2D eigenvalue weighted by Gasteiger charge is 2.20. The molecule has 0 saturated heterocycles. The summed E-state index contributed by atoms with van der Waals surface area (Å²) in [4.78, 5) is 24.5. The van der Waals surface area contributed by atoms with E-state index < -0.39 is 5.60 Å². The summed E-state index contributed by atoms with van der Waals surface area (Å²) in [5.74, 6) is 0. The Labute approximate surface area is 121 Å². The summed E-state index contributed by atoms with van der Waals surface area (Å²) in [6, 6.07) is 0. The molecule has 112 valence electrons. The Balaban J connectivity index is 4.20. The van der Waals surface area contributed by atoms with Crippen LogP contribution >= 0.6 is 11.8 Å². The van der Waals surface area contributed by atoms with Gasteiger partial charge >= 0.3 is 6.09 Å². The van der Waals surface area contributed by atoms with Gasteiger partial charge in [-0.1, -0.05) is 25.1 Å². The van der Waals surface area contributed by atoms with Gasteiger partial charge in [-0.3, -0.25) is 4.79 Å². The summed E-state index contributed by atoms with van der Waals surface area (Å²) < 4.78 is 5.29. The quantitative estimate of drug-likeness (QED) is 0.748. The summed E-state index contributed by atoms with van der Waals surface area (Å²) in [5, 5.41) is 0.422. The molecule has 0 bridgehead atoms. The van der Waals surface area contributed by atoms with Crippen molar-refractivity contribution < 1.29 is 14.3 Å². The van der Waals surface area contributed by atoms with Crippen LogP contribution in [0.1, 0.15) is 53.9 Å². The highest BCUT2D eigenvalue weighted by Crippen LogP contribution is 2.21. The van der Waals surface area contributed by atoms with Gasteiger partial charge in [0.15, 0.2) is 5.12 Å². The van der Waals surface area contributed by atoms with Crippen molar-refractivity contribution in [2.75, 3.05) is 13.6 Å². The van der Waals surface area contributed by atoms with Crippen LogP contribution in [0.3, 0.4) is 0 Å². The Bertz CT molecular complexity index is 300. The van der Waals surface area contributed by atoms with E-state index in [1.165, 1.54) is 11.8 Å². The summed E-state index contributed by atoms with van der Waals surface area (Å²) in [5.41, 5.74) is -0.470. The Morgan fingerprint density at radius 2 is 1.84 bits per heavy atom. The number of thioether (sulfide) groups is 1. The molecule has 0 aromatic heterocycles. The van der Waals surface area contributed by atoms with Gasteiger partial charge in [-0.2, -0.15) is 0 Å². The number of hydrogen-bond donors (Lipinski definition) is 0. The minimum atomic E-state index is -0.470. The van der Waals surface area contributed by atoms with Gasteiger partial charge in [0.2, 0.25) is 0 Å². The second-order valence-corrected chi connectivity index (χ2v) is 7.19. The molecule has 0 aliphatic carbocycles. The van der Waals surface area contributed by atoms with Crippen LogP contribution in [0.5, 0.6) is 0 Å². The van der Waals surface area contributed by atoms with E-state index in [2.05, 4.69) is 6.92 Å². The van der Waals surface area contributed by atoms with Gasteiger partial charge in [0.05, 0.1) is 0 Å². The zero-order valence-corrected chi connectivity index (χ0v) is 13.8. The van der Waals surface area contributed by atoms with Crippen LogP contribution in [0.4, 0.5) is 4.79 Å². The number of hydrogen-bond acceptors (Lipinski definition) is 4. The molecule has 0 N–H and O–H groups in total. The topological polar surface area (TPSA) is 46.6 Å². The lowest BCUT2D eigenvalue weighted by atomic mass is 10.2. The maximum atomic E-state index is 11.8. The predicted molar refractivity (Wildman–Crippen MR) is 80.4 cm³/mol. The molecular weight excluding hydrogens is 262 g/mol. The molecule has 4 nitrogen and oxygen atoms in total. The molecule has 0 fully saturated rings. The van der Waals surface area contributed by atoms with Gasteiger partial charge in [-0.25, -0.2) is 4.79 Å². The van der Waals surface area contributed by atoms with Crippen LogP contribution in [0.25, 0.3) is 0 Å². The van der Waals surface area contributed by atoms with Crippen LogP contribution in [-0.2, 0) is 9.53 Å². The molecular formula is C14H27NO3S. The normalized spacial score (nSPS) is 12.9. The zero-order chi connectivity index (χ0) is 15.1. The molecule has 0 spiro atoms. The first-order valence-corrected chi connectivity index (χ1v) is 7.65. The fourth-order valence-corrected chi connectivity index (χ4v) is 2.63. The number of nitrogens with zero attached hydrogens (tertiary/aromatic N) is 1. The highest BCUT2D eigenvalue weighted by atomic mass is 32.2. The standard InChI is InChI=1S/C14H27NO3S/c1-7-8-12(19-11(2)16)9-10-15(6)13(17)18-14(3,4)5/h12H,7-10H2,1-6H3. The predicted octanol–water partition coefficient (Wildman–Crippen LogP) is 3.69. The maximum absolute atomic E-state index is 11.8. The van der Waals surface area contributed by atoms with E-state index in [4.69, 9.17) is 4.74 Å². The third kappa shape index (κ3) is 9.82. The first-order valence-electron chi connectivity index (χ1n) is 6.77. The van der Waals surface area contributed by atoms with E-state index >= 15 is 0 Å². The van der Waals surface area contributed by atoms with Gasteiger partial charge in [-0.15, -0.1) is 0 Å². The lowest BCUT2D eigenvalue weighted by Gasteiger charge is -2.25. The Morgan fingerprint density at radius 1 is 1.26 bits per heavy atom. The minimum absolute atomic E-state index is 0.137. The van der Waals surface area contributed by atoms with Gasteiger partial charge in [0.1, 0.15) is 5.60 Å². The maximum Gasteiger partial charge on any atom is 0.410 e. The molecule has 19 heavy (non-hydrogen) atoms. The van der Waals surface area contributed by atoms with Crippen molar-refractivity contribution in [3.05, 3.63) is 0 Å². The number of rotatable bonds is 6. The summed E-state index contributed by atoms with van der Waals surface area (Å²) in [6.07, 6.45) is 2.54. The van der Waals surface area contributed by atoms with Gasteiger partial charge in [0.25, 0.3) is 0 Å². The summed E-state index contributed by atoms with van der Waals surface area (Å²) in [6.45, 7) is 9.86. The van der Waals surface area contributed by atoms with Crippen molar-refractivity contribution in [1.82, 2.24) is 4.90 Å². The third-order valence-electron chi connectivity index (χ3n) is 2.43. The zero-order valence-electron chi connectivity index (χ0n) is 13.0. The Hall–Kier alpha value is -0.710. The van der Waals surface area contributed by atoms with Crippen molar-refractivity contribution in [2.24, 2.45) is 0 Å². The molecule has 1 unspecified atom stereocenters. The van der Waals surface area contributed by atoms with Crippen molar-refractivity contribution in [1.29, 1.82) is 0 Å². The van der Waals surface area contributed by atoms with E-state index in [1.807, 2.05) is 20.8 Å². The van der Waals surface area contributed by atoms with E-state index in [1.54, 1.807) is 18.9 Å². The first-order chi connectivity index (χ1) is 8.65. The fourth-order valence-electron chi connectivity index (χ4n) is 1.59. The largest absolute Gasteiger partial charge is 0.444 e. The second kappa shape index (κ2) is 8.46. The number of carbonyl (C=O) groups is 2. The van der Waals surface area contributed by atoms with Gasteiger partial charge < -0.3 is 9.64 Å². The van der Waals surface area contributed by atoms with Crippen molar-refractivity contribution in [3.8, 4) is 0 Å². The smallest absolute Gasteiger partial charge is 0.410 e. The molecule has 0 aromatic rings. The summed E-state index contributed by atoms with van der Waals surface area (Å²) in [7, 11) is 1.73. The Morgan fingerprint density at radius 3 is 2.26 bits per heavy atom. The second-order valence-electron chi connectivity index (χ2n) is 5.71. The van der Waals surface area contributed by atoms with Gasteiger partial charge in [-0.05, 0) is 33.6 Å². The average Bonchev–Trinajstić information content (AvgIpc) is 2.22. The van der Waals surface area contributed by atoms with Crippen LogP contribution < -0.4 is 0 Å². The molecule has 0 saturated carbocycles. The molecule has 0 aromatic carbocycles. The van der Waals surface area contributed by atoms with E-state index in [0.717, 1.165) is 19.3 Å². The molecule has 5 heteroatoms. The highest BCUT2D eigenvalue weighted by molar-refractivity contribution is 8.14. The number of carbonyl (C=O) groups excluding carboxylic acids is 2. The average molecular weight is 289 g/mol. The third-order valence-corrected chi connectivity index (χ3v) is 3.57. The van der Waals surface area contributed by atoms with Crippen molar-refractivity contribution in [3.63, 3.8) is 0 Å². The molecule has 1 atom stereocenters. The van der Waals surface area contributed by atoms with E-state index in [-0.39, 0.29) is 16.5 Å². The lowest BCUT2D eigenvalue weighted by Crippen LogP contribution is -2.35. The van der Waals surface area contributed by atoms with Crippen molar-refractivity contribution in [2.45, 2.75) is 64.7 Å². The first kappa shape index (κ1) is 18.3. The summed E-state index contributed by atoms with van der Waals surface area (Å²) >= 11 is 1.37. The molecule has 0 heterocycles. The van der Waals surface area contributed by atoms with E-state index in [9.17, 15) is 9.59 Å². The van der Waals surface area contributed by atoms with Crippen LogP contribution in [0, 0.1) is 0 Å². The lowest BCUT2D eigenvalue weighted by molar-refractivity contribution is -0.109.